The van der Waals surface area contributed by atoms with Crippen LogP contribution in [0.15, 0.2) is 64.2 Å². The number of nitrogens with one attached hydrogen (secondary N) is 1. The lowest BCUT2D eigenvalue weighted by atomic mass is 10.2. The SMILES string of the molecule is O=S(=O)(Nc1ccc(F)cc1)c1cc2ccccc2c(Br)n1. The summed E-state index contributed by atoms with van der Waals surface area (Å²) in [6, 6.07) is 13.9. The zero-order valence-electron chi connectivity index (χ0n) is 11.1. The Hall–Kier alpha value is -1.99. The van der Waals surface area contributed by atoms with Crippen molar-refractivity contribution in [3.8, 4) is 0 Å². The van der Waals surface area contributed by atoms with Crippen LogP contribution in [0.25, 0.3) is 10.8 Å². The minimum Gasteiger partial charge on any atom is -0.278 e. The Morgan fingerprint density at radius 2 is 1.73 bits per heavy atom. The molecule has 22 heavy (non-hydrogen) atoms. The fourth-order valence-corrected chi connectivity index (χ4v) is 3.71. The van der Waals surface area contributed by atoms with Crippen molar-refractivity contribution in [2.24, 2.45) is 0 Å². The van der Waals surface area contributed by atoms with Crippen molar-refractivity contribution in [2.75, 3.05) is 4.72 Å². The van der Waals surface area contributed by atoms with Crippen molar-refractivity contribution in [3.63, 3.8) is 0 Å². The highest BCUT2D eigenvalue weighted by Gasteiger charge is 2.18. The average Bonchev–Trinajstić information content (AvgIpc) is 2.49. The maximum absolute atomic E-state index is 12.9. The third-order valence-electron chi connectivity index (χ3n) is 3.04. The second-order valence-corrected chi connectivity index (χ2v) is 6.97. The molecule has 0 saturated heterocycles. The van der Waals surface area contributed by atoms with Gasteiger partial charge in [-0.2, -0.15) is 8.42 Å². The van der Waals surface area contributed by atoms with E-state index in [9.17, 15) is 12.8 Å². The highest BCUT2D eigenvalue weighted by Crippen LogP contribution is 2.25. The van der Waals surface area contributed by atoms with Crippen molar-refractivity contribution >= 4 is 42.4 Å². The predicted molar refractivity (Wildman–Crippen MR) is 86.7 cm³/mol. The molecule has 0 atom stereocenters. The highest BCUT2D eigenvalue weighted by atomic mass is 79.9. The normalized spacial score (nSPS) is 11.5. The van der Waals surface area contributed by atoms with Gasteiger partial charge in [0.2, 0.25) is 0 Å². The molecule has 0 amide bonds. The first kappa shape index (κ1) is 14.9. The van der Waals surface area contributed by atoms with Gasteiger partial charge in [-0.25, -0.2) is 9.37 Å². The summed E-state index contributed by atoms with van der Waals surface area (Å²) in [7, 11) is -3.85. The van der Waals surface area contributed by atoms with E-state index >= 15 is 0 Å². The maximum Gasteiger partial charge on any atom is 0.279 e. The van der Waals surface area contributed by atoms with Gasteiger partial charge >= 0.3 is 0 Å². The predicted octanol–water partition coefficient (Wildman–Crippen LogP) is 3.94. The lowest BCUT2D eigenvalue weighted by molar-refractivity contribution is 0.597. The second-order valence-electron chi connectivity index (χ2n) is 4.58. The van der Waals surface area contributed by atoms with Crippen molar-refractivity contribution < 1.29 is 12.8 Å². The average molecular weight is 381 g/mol. The molecule has 0 aliphatic rings. The molecule has 0 unspecified atom stereocenters. The molecule has 7 heteroatoms. The van der Waals surface area contributed by atoms with Gasteiger partial charge in [-0.1, -0.05) is 24.3 Å². The summed E-state index contributed by atoms with van der Waals surface area (Å²) in [5, 5.41) is 1.47. The maximum atomic E-state index is 12.9. The number of pyridine rings is 1. The van der Waals surface area contributed by atoms with E-state index in [0.29, 0.717) is 4.60 Å². The Kier molecular flexibility index (Phi) is 3.84. The molecule has 0 spiro atoms. The first-order valence-electron chi connectivity index (χ1n) is 6.29. The molecular formula is C15H10BrFN2O2S. The summed E-state index contributed by atoms with van der Waals surface area (Å²) in [4.78, 5) is 4.08. The van der Waals surface area contributed by atoms with Crippen LogP contribution in [0.4, 0.5) is 10.1 Å². The number of sulfonamides is 1. The van der Waals surface area contributed by atoms with Crippen molar-refractivity contribution in [1.29, 1.82) is 0 Å². The number of rotatable bonds is 3. The second kappa shape index (κ2) is 5.66. The molecule has 0 aliphatic heterocycles. The molecule has 0 aliphatic carbocycles. The first-order valence-corrected chi connectivity index (χ1v) is 8.57. The van der Waals surface area contributed by atoms with Gasteiger partial charge in [0, 0.05) is 11.1 Å². The van der Waals surface area contributed by atoms with Crippen molar-refractivity contribution in [1.82, 2.24) is 4.98 Å². The van der Waals surface area contributed by atoms with Gasteiger partial charge in [-0.05, 0) is 51.6 Å². The largest absolute Gasteiger partial charge is 0.279 e. The Labute approximate surface area is 135 Å². The topological polar surface area (TPSA) is 59.1 Å². The zero-order chi connectivity index (χ0) is 15.7. The van der Waals surface area contributed by atoms with Crippen LogP contribution in [0.3, 0.4) is 0 Å². The van der Waals surface area contributed by atoms with Crippen LogP contribution in [-0.4, -0.2) is 13.4 Å². The summed E-state index contributed by atoms with van der Waals surface area (Å²) >= 11 is 3.28. The minimum atomic E-state index is -3.85. The summed E-state index contributed by atoms with van der Waals surface area (Å²) in [6.45, 7) is 0. The molecule has 1 aromatic heterocycles. The smallest absolute Gasteiger partial charge is 0.278 e. The van der Waals surface area contributed by atoms with E-state index in [1.165, 1.54) is 30.3 Å². The standard InChI is InChI=1S/C15H10BrFN2O2S/c16-15-13-4-2-1-3-10(13)9-14(18-15)22(20,21)19-12-7-5-11(17)6-8-12/h1-9,19H. The molecule has 0 saturated carbocycles. The molecule has 0 fully saturated rings. The summed E-state index contributed by atoms with van der Waals surface area (Å²) in [5.74, 6) is -0.436. The van der Waals surface area contributed by atoms with E-state index in [0.717, 1.165) is 10.8 Å². The van der Waals surface area contributed by atoms with E-state index < -0.39 is 15.8 Å². The van der Waals surface area contributed by atoms with Crippen molar-refractivity contribution in [2.45, 2.75) is 5.03 Å². The molecule has 1 N–H and O–H groups in total. The molecule has 0 radical (unpaired) electrons. The van der Waals surface area contributed by atoms with E-state index in [4.69, 9.17) is 0 Å². The van der Waals surface area contributed by atoms with Crippen LogP contribution in [0.5, 0.6) is 0 Å². The van der Waals surface area contributed by atoms with Crippen molar-refractivity contribution in [3.05, 3.63) is 65.0 Å². The van der Waals surface area contributed by atoms with Gasteiger partial charge in [0.15, 0.2) is 5.03 Å². The molecule has 112 valence electrons. The van der Waals surface area contributed by atoms with E-state index in [-0.39, 0.29) is 10.7 Å². The lowest BCUT2D eigenvalue weighted by Gasteiger charge is -2.09. The highest BCUT2D eigenvalue weighted by molar-refractivity contribution is 9.10. The van der Waals surface area contributed by atoms with Gasteiger partial charge < -0.3 is 0 Å². The molecule has 1 heterocycles. The van der Waals surface area contributed by atoms with E-state index in [1.54, 1.807) is 6.07 Å². The monoisotopic (exact) mass is 380 g/mol. The van der Waals surface area contributed by atoms with Crippen LogP contribution >= 0.6 is 15.9 Å². The third kappa shape index (κ3) is 2.95. The van der Waals surface area contributed by atoms with Crippen LogP contribution in [0.1, 0.15) is 0 Å². The van der Waals surface area contributed by atoms with Crippen LogP contribution in [0, 0.1) is 5.82 Å². The molecule has 4 nitrogen and oxygen atoms in total. The van der Waals surface area contributed by atoms with Crippen LogP contribution < -0.4 is 4.72 Å². The molecule has 2 aromatic carbocycles. The molecule has 3 aromatic rings. The van der Waals surface area contributed by atoms with Crippen LogP contribution in [-0.2, 0) is 10.0 Å². The molecule has 3 rings (SSSR count). The van der Waals surface area contributed by atoms with Gasteiger partial charge in [-0.15, -0.1) is 0 Å². The van der Waals surface area contributed by atoms with Gasteiger partial charge in [0.05, 0.1) is 0 Å². The van der Waals surface area contributed by atoms with Gasteiger partial charge in [-0.3, -0.25) is 4.72 Å². The Morgan fingerprint density at radius 3 is 2.45 bits per heavy atom. The number of anilines is 1. The molecular weight excluding hydrogens is 371 g/mol. The van der Waals surface area contributed by atoms with Crippen LogP contribution in [0.2, 0.25) is 0 Å². The number of hydrogen-bond acceptors (Lipinski definition) is 3. The van der Waals surface area contributed by atoms with E-state index in [1.807, 2.05) is 18.2 Å². The minimum absolute atomic E-state index is 0.109. The zero-order valence-corrected chi connectivity index (χ0v) is 13.5. The summed E-state index contributed by atoms with van der Waals surface area (Å²) in [5.41, 5.74) is 0.271. The third-order valence-corrected chi connectivity index (χ3v) is 4.91. The Bertz CT molecular complexity index is 943. The Morgan fingerprint density at radius 1 is 1.05 bits per heavy atom. The lowest BCUT2D eigenvalue weighted by Crippen LogP contribution is -2.14. The Balaban J connectivity index is 2.03. The quantitative estimate of drug-likeness (QED) is 0.700. The van der Waals surface area contributed by atoms with E-state index in [2.05, 4.69) is 25.6 Å². The fourth-order valence-electron chi connectivity index (χ4n) is 2.00. The fraction of sp³-hybridized carbons (Fsp3) is 0. The van der Waals surface area contributed by atoms with Gasteiger partial charge in [0.1, 0.15) is 10.4 Å². The first-order chi connectivity index (χ1) is 10.5. The summed E-state index contributed by atoms with van der Waals surface area (Å²) in [6.07, 6.45) is 0. The van der Waals surface area contributed by atoms with Gasteiger partial charge in [0.25, 0.3) is 10.0 Å². The number of halogens is 2. The number of benzene rings is 2. The summed E-state index contributed by atoms with van der Waals surface area (Å²) < 4.78 is 40.5. The number of fused-ring (bicyclic) bond motifs is 1. The number of nitrogens with zero attached hydrogens (tertiary/aromatic N) is 1. The number of aromatic nitrogens is 1. The number of hydrogen-bond donors (Lipinski definition) is 1. The molecule has 0 bridgehead atoms.